The van der Waals surface area contributed by atoms with E-state index in [0.29, 0.717) is 24.6 Å². The predicted octanol–water partition coefficient (Wildman–Crippen LogP) is 3.47. The average Bonchev–Trinajstić information content (AvgIpc) is 2.93. The van der Waals surface area contributed by atoms with Crippen molar-refractivity contribution in [3.05, 3.63) is 47.7 Å². The molecule has 3 saturated heterocycles. The molecule has 3 fully saturated rings. The van der Waals surface area contributed by atoms with Crippen molar-refractivity contribution in [3.63, 3.8) is 0 Å². The van der Waals surface area contributed by atoms with Crippen LogP contribution in [0.4, 0.5) is 4.79 Å². The van der Waals surface area contributed by atoms with Crippen LogP contribution in [0.3, 0.4) is 0 Å². The first-order valence-electron chi connectivity index (χ1n) is 9.86. The van der Waals surface area contributed by atoms with Gasteiger partial charge in [-0.05, 0) is 49.9 Å². The van der Waals surface area contributed by atoms with Crippen LogP contribution in [0.5, 0.6) is 0 Å². The van der Waals surface area contributed by atoms with Gasteiger partial charge in [0.05, 0.1) is 0 Å². The van der Waals surface area contributed by atoms with Crippen molar-refractivity contribution in [1.29, 1.82) is 0 Å². The number of hydrogen-bond acceptors (Lipinski definition) is 3. The lowest BCUT2D eigenvalue weighted by Crippen LogP contribution is -2.48. The highest BCUT2D eigenvalue weighted by Gasteiger charge is 2.39. The van der Waals surface area contributed by atoms with Gasteiger partial charge in [0.1, 0.15) is 11.5 Å². The van der Waals surface area contributed by atoms with Gasteiger partial charge in [0.2, 0.25) is 0 Å². The molecule has 3 amide bonds. The second-order valence-corrected chi connectivity index (χ2v) is 8.13. The SMILES string of the molecule is Cc1ccc(-c2cccc(C(=O)N3C[C@H]4CC[C@@H]3CN(C(=O)N(C)C)C4)c2)o1. The Bertz CT molecular complexity index is 889. The highest BCUT2D eigenvalue weighted by Crippen LogP contribution is 2.30. The first-order chi connectivity index (χ1) is 13.4. The predicted molar refractivity (Wildman–Crippen MR) is 107 cm³/mol. The molecule has 0 radical (unpaired) electrons. The van der Waals surface area contributed by atoms with Crippen molar-refractivity contribution in [3.8, 4) is 11.3 Å². The maximum atomic E-state index is 13.3. The number of aryl methyl sites for hydroxylation is 1. The van der Waals surface area contributed by atoms with Crippen LogP contribution in [0.15, 0.2) is 40.8 Å². The molecule has 0 unspecified atom stereocenters. The Kier molecular flexibility index (Phi) is 4.87. The Balaban J connectivity index is 1.56. The van der Waals surface area contributed by atoms with Crippen molar-refractivity contribution in [2.24, 2.45) is 5.92 Å². The van der Waals surface area contributed by atoms with Crippen LogP contribution in [-0.4, -0.2) is 66.4 Å². The number of benzene rings is 1. The zero-order chi connectivity index (χ0) is 19.8. The van der Waals surface area contributed by atoms with Gasteiger partial charge in [0.15, 0.2) is 0 Å². The number of fused-ring (bicyclic) bond motifs is 4. The maximum absolute atomic E-state index is 13.3. The van der Waals surface area contributed by atoms with Crippen molar-refractivity contribution in [2.75, 3.05) is 33.7 Å². The molecular formula is C22H27N3O3. The number of rotatable bonds is 2. The lowest BCUT2D eigenvalue weighted by atomic mass is 9.94. The molecule has 0 spiro atoms. The number of piperidine rings is 1. The van der Waals surface area contributed by atoms with Crippen LogP contribution in [0.25, 0.3) is 11.3 Å². The highest BCUT2D eigenvalue weighted by atomic mass is 16.3. The summed E-state index contributed by atoms with van der Waals surface area (Å²) in [7, 11) is 3.56. The van der Waals surface area contributed by atoms with E-state index in [9.17, 15) is 9.59 Å². The van der Waals surface area contributed by atoms with E-state index in [1.165, 1.54) is 0 Å². The number of carbonyl (C=O) groups is 2. The van der Waals surface area contributed by atoms with Crippen molar-refractivity contribution >= 4 is 11.9 Å². The molecule has 1 aromatic heterocycles. The van der Waals surface area contributed by atoms with E-state index in [0.717, 1.165) is 36.5 Å². The minimum atomic E-state index is 0.0291. The molecule has 5 rings (SSSR count). The largest absolute Gasteiger partial charge is 0.461 e. The molecule has 4 heterocycles. The summed E-state index contributed by atoms with van der Waals surface area (Å²) in [6, 6.07) is 11.6. The van der Waals surface area contributed by atoms with E-state index in [1.807, 2.05) is 53.1 Å². The van der Waals surface area contributed by atoms with Gasteiger partial charge in [0.25, 0.3) is 5.91 Å². The fourth-order valence-electron chi connectivity index (χ4n) is 4.33. The molecule has 148 valence electrons. The molecule has 0 N–H and O–H groups in total. The van der Waals surface area contributed by atoms with Crippen molar-refractivity contribution in [2.45, 2.75) is 25.8 Å². The summed E-state index contributed by atoms with van der Waals surface area (Å²) >= 11 is 0. The minimum absolute atomic E-state index is 0.0291. The van der Waals surface area contributed by atoms with Crippen LogP contribution >= 0.6 is 0 Å². The third-order valence-electron chi connectivity index (χ3n) is 5.76. The van der Waals surface area contributed by atoms with E-state index >= 15 is 0 Å². The number of carbonyl (C=O) groups excluding carboxylic acids is 2. The van der Waals surface area contributed by atoms with E-state index in [4.69, 9.17) is 4.42 Å². The molecule has 6 heteroatoms. The van der Waals surface area contributed by atoms with Gasteiger partial charge < -0.3 is 19.1 Å². The van der Waals surface area contributed by atoms with Crippen LogP contribution in [0, 0.1) is 12.8 Å². The molecule has 2 aromatic rings. The fourth-order valence-corrected chi connectivity index (χ4v) is 4.33. The smallest absolute Gasteiger partial charge is 0.319 e. The van der Waals surface area contributed by atoms with Crippen LogP contribution < -0.4 is 0 Å². The monoisotopic (exact) mass is 381 g/mol. The van der Waals surface area contributed by atoms with Gasteiger partial charge in [0, 0.05) is 50.9 Å². The Morgan fingerprint density at radius 2 is 1.89 bits per heavy atom. The Morgan fingerprint density at radius 3 is 2.61 bits per heavy atom. The average molecular weight is 381 g/mol. The summed E-state index contributed by atoms with van der Waals surface area (Å²) in [5.41, 5.74) is 1.58. The zero-order valence-corrected chi connectivity index (χ0v) is 16.7. The summed E-state index contributed by atoms with van der Waals surface area (Å²) in [6.45, 7) is 3.96. The van der Waals surface area contributed by atoms with Crippen LogP contribution in [0.2, 0.25) is 0 Å². The van der Waals surface area contributed by atoms with Gasteiger partial charge in [-0.1, -0.05) is 12.1 Å². The molecule has 2 bridgehead atoms. The van der Waals surface area contributed by atoms with Gasteiger partial charge in [-0.2, -0.15) is 0 Å². The first-order valence-corrected chi connectivity index (χ1v) is 9.86. The van der Waals surface area contributed by atoms with Crippen LogP contribution in [-0.2, 0) is 0 Å². The summed E-state index contributed by atoms with van der Waals surface area (Å²) in [6.07, 6.45) is 2.02. The normalized spacial score (nSPS) is 21.5. The molecule has 6 nitrogen and oxygen atoms in total. The quantitative estimate of drug-likeness (QED) is 0.800. The van der Waals surface area contributed by atoms with Crippen molar-refractivity contribution < 1.29 is 14.0 Å². The topological polar surface area (TPSA) is 57.0 Å². The van der Waals surface area contributed by atoms with E-state index in [-0.39, 0.29) is 18.0 Å². The summed E-state index contributed by atoms with van der Waals surface area (Å²) < 4.78 is 5.71. The molecule has 2 atom stereocenters. The minimum Gasteiger partial charge on any atom is -0.461 e. The third kappa shape index (κ3) is 3.51. The number of hydrogen-bond donors (Lipinski definition) is 0. The second kappa shape index (κ2) is 7.34. The molecular weight excluding hydrogens is 354 g/mol. The van der Waals surface area contributed by atoms with Crippen molar-refractivity contribution in [1.82, 2.24) is 14.7 Å². The Hall–Kier alpha value is -2.76. The summed E-state index contributed by atoms with van der Waals surface area (Å²) in [5.74, 6) is 2.00. The van der Waals surface area contributed by atoms with Gasteiger partial charge in [-0.25, -0.2) is 4.79 Å². The molecule has 1 aromatic carbocycles. The van der Waals surface area contributed by atoms with Gasteiger partial charge in [-0.15, -0.1) is 0 Å². The standard InChI is InChI=1S/C22H27N3O3/c1-15-7-10-20(28-15)17-5-4-6-18(11-17)21(26)25-13-16-8-9-19(25)14-24(12-16)22(27)23(2)3/h4-7,10-11,16,19H,8-9,12-14H2,1-3H3/t16-,19+/m0/s1. The Morgan fingerprint density at radius 1 is 1.07 bits per heavy atom. The molecule has 0 saturated carbocycles. The van der Waals surface area contributed by atoms with E-state index in [2.05, 4.69) is 0 Å². The lowest BCUT2D eigenvalue weighted by Gasteiger charge is -2.36. The Labute approximate surface area is 165 Å². The second-order valence-electron chi connectivity index (χ2n) is 8.13. The zero-order valence-electron chi connectivity index (χ0n) is 16.7. The highest BCUT2D eigenvalue weighted by molar-refractivity contribution is 5.95. The fraction of sp³-hybridized carbons (Fsp3) is 0.455. The van der Waals surface area contributed by atoms with Gasteiger partial charge in [-0.3, -0.25) is 4.79 Å². The summed E-state index contributed by atoms with van der Waals surface area (Å²) in [4.78, 5) is 31.3. The molecule has 3 aliphatic heterocycles. The summed E-state index contributed by atoms with van der Waals surface area (Å²) in [5, 5.41) is 0. The number of urea groups is 1. The van der Waals surface area contributed by atoms with Crippen LogP contribution in [0.1, 0.15) is 29.0 Å². The first kappa shape index (κ1) is 18.6. The molecule has 28 heavy (non-hydrogen) atoms. The van der Waals surface area contributed by atoms with E-state index in [1.54, 1.807) is 19.0 Å². The number of amides is 3. The lowest BCUT2D eigenvalue weighted by molar-refractivity contribution is 0.0586. The molecule has 0 aliphatic carbocycles. The maximum Gasteiger partial charge on any atom is 0.319 e. The molecule has 3 aliphatic rings. The van der Waals surface area contributed by atoms with E-state index < -0.39 is 0 Å². The number of nitrogens with zero attached hydrogens (tertiary/aromatic N) is 3. The van der Waals surface area contributed by atoms with Gasteiger partial charge >= 0.3 is 6.03 Å². The third-order valence-corrected chi connectivity index (χ3v) is 5.76. The number of furan rings is 1.